The Labute approximate surface area is 182 Å². The Morgan fingerprint density at radius 1 is 1.23 bits per heavy atom. The van der Waals surface area contributed by atoms with Crippen molar-refractivity contribution in [2.45, 2.75) is 25.6 Å². The van der Waals surface area contributed by atoms with Crippen LogP contribution in [0.25, 0.3) is 0 Å². The van der Waals surface area contributed by atoms with Gasteiger partial charge in [-0.2, -0.15) is 0 Å². The summed E-state index contributed by atoms with van der Waals surface area (Å²) in [5.41, 5.74) is 2.51. The molecule has 0 spiro atoms. The van der Waals surface area contributed by atoms with Gasteiger partial charge in [0.1, 0.15) is 17.4 Å². The van der Waals surface area contributed by atoms with Crippen LogP contribution in [0.4, 0.5) is 5.00 Å². The molecule has 1 N–H and O–H groups in total. The second-order valence-electron chi connectivity index (χ2n) is 6.51. The van der Waals surface area contributed by atoms with Gasteiger partial charge in [0.25, 0.3) is 0 Å². The van der Waals surface area contributed by atoms with Gasteiger partial charge in [-0.25, -0.2) is 4.79 Å². The number of thioether (sulfide) groups is 1. The minimum atomic E-state index is -0.485. The summed E-state index contributed by atoms with van der Waals surface area (Å²) >= 11 is 2.52. The van der Waals surface area contributed by atoms with Gasteiger partial charge in [0, 0.05) is 7.05 Å². The molecule has 10 heteroatoms. The van der Waals surface area contributed by atoms with Crippen LogP contribution in [-0.2, 0) is 23.2 Å². The quantitative estimate of drug-likeness (QED) is 0.417. The number of thiophene rings is 1. The maximum Gasteiger partial charge on any atom is 0.340 e. The molecular formula is C20H22N4O4S2. The monoisotopic (exact) mass is 446 g/mol. The zero-order valence-corrected chi connectivity index (χ0v) is 18.7. The van der Waals surface area contributed by atoms with Crippen LogP contribution in [-0.4, -0.2) is 39.5 Å². The van der Waals surface area contributed by atoms with E-state index in [1.165, 1.54) is 30.2 Å². The number of esters is 1. The molecule has 30 heavy (non-hydrogen) atoms. The van der Waals surface area contributed by atoms with Crippen molar-refractivity contribution in [3.8, 4) is 5.75 Å². The summed E-state index contributed by atoms with van der Waals surface area (Å²) in [7, 11) is 3.13. The standard InChI is InChI=1S/C20H22N4O4S2/c1-12-5-6-13(2)15(9-12)28-10-16-22-23-20(24(16)3)30-11-17(25)21-18-14(7-8-29-18)19(26)27-4/h5-9H,10-11H2,1-4H3,(H,21,25). The maximum atomic E-state index is 12.3. The van der Waals surface area contributed by atoms with Crippen LogP contribution >= 0.6 is 23.1 Å². The zero-order chi connectivity index (χ0) is 21.7. The number of nitrogens with zero attached hydrogens (tertiary/aromatic N) is 3. The van der Waals surface area contributed by atoms with E-state index in [0.29, 0.717) is 21.5 Å². The molecule has 3 rings (SSSR count). The molecule has 1 amide bonds. The number of hydrogen-bond acceptors (Lipinski definition) is 8. The number of nitrogens with one attached hydrogen (secondary N) is 1. The van der Waals surface area contributed by atoms with Crippen molar-refractivity contribution in [1.82, 2.24) is 14.8 Å². The molecule has 0 unspecified atom stereocenters. The normalized spacial score (nSPS) is 10.7. The smallest absolute Gasteiger partial charge is 0.340 e. The van der Waals surface area contributed by atoms with E-state index in [4.69, 9.17) is 9.47 Å². The van der Waals surface area contributed by atoms with Crippen LogP contribution in [0.5, 0.6) is 5.75 Å². The minimum Gasteiger partial charge on any atom is -0.485 e. The van der Waals surface area contributed by atoms with Gasteiger partial charge in [0.2, 0.25) is 5.91 Å². The molecule has 0 saturated heterocycles. The lowest BCUT2D eigenvalue weighted by Crippen LogP contribution is -2.16. The summed E-state index contributed by atoms with van der Waals surface area (Å²) in [4.78, 5) is 24.0. The Morgan fingerprint density at radius 3 is 2.80 bits per heavy atom. The van der Waals surface area contributed by atoms with Crippen molar-refractivity contribution in [3.05, 3.63) is 52.2 Å². The van der Waals surface area contributed by atoms with Crippen molar-refractivity contribution < 1.29 is 19.1 Å². The predicted octanol–water partition coefficient (Wildman–Crippen LogP) is 3.59. The average molecular weight is 447 g/mol. The lowest BCUT2D eigenvalue weighted by Gasteiger charge is -2.10. The highest BCUT2D eigenvalue weighted by molar-refractivity contribution is 7.99. The molecule has 0 fully saturated rings. The van der Waals surface area contributed by atoms with Gasteiger partial charge in [-0.15, -0.1) is 21.5 Å². The Balaban J connectivity index is 1.56. The van der Waals surface area contributed by atoms with E-state index in [9.17, 15) is 9.59 Å². The summed E-state index contributed by atoms with van der Waals surface area (Å²) in [5.74, 6) is 0.862. The number of rotatable bonds is 8. The lowest BCUT2D eigenvalue weighted by atomic mass is 10.1. The number of carbonyl (C=O) groups is 2. The van der Waals surface area contributed by atoms with Crippen LogP contribution in [0.1, 0.15) is 27.3 Å². The van der Waals surface area contributed by atoms with Crippen LogP contribution in [0.15, 0.2) is 34.8 Å². The number of aryl methyl sites for hydroxylation is 2. The van der Waals surface area contributed by atoms with Crippen molar-refractivity contribution in [2.75, 3.05) is 18.2 Å². The van der Waals surface area contributed by atoms with E-state index in [0.717, 1.165) is 16.9 Å². The molecule has 8 nitrogen and oxygen atoms in total. The number of amides is 1. The van der Waals surface area contributed by atoms with Gasteiger partial charge < -0.3 is 19.4 Å². The number of carbonyl (C=O) groups excluding carboxylic acids is 2. The summed E-state index contributed by atoms with van der Waals surface area (Å²) in [6.45, 7) is 4.28. The zero-order valence-electron chi connectivity index (χ0n) is 17.1. The second-order valence-corrected chi connectivity index (χ2v) is 8.37. The number of methoxy groups -OCH3 is 1. The van der Waals surface area contributed by atoms with Crippen LogP contribution < -0.4 is 10.1 Å². The molecule has 158 valence electrons. The third-order valence-electron chi connectivity index (χ3n) is 4.28. The van der Waals surface area contributed by atoms with E-state index in [1.807, 2.05) is 39.1 Å². The molecule has 0 saturated carbocycles. The Hall–Kier alpha value is -2.85. The molecule has 0 radical (unpaired) electrons. The first-order valence-corrected chi connectivity index (χ1v) is 10.9. The lowest BCUT2D eigenvalue weighted by molar-refractivity contribution is -0.113. The molecule has 2 heterocycles. The second kappa shape index (κ2) is 9.77. The van der Waals surface area contributed by atoms with Crippen LogP contribution in [0.2, 0.25) is 0 Å². The Bertz CT molecular complexity index is 1060. The Morgan fingerprint density at radius 2 is 2.03 bits per heavy atom. The molecule has 0 aliphatic heterocycles. The van der Waals surface area contributed by atoms with Crippen LogP contribution in [0, 0.1) is 13.8 Å². The largest absolute Gasteiger partial charge is 0.485 e. The fourth-order valence-corrected chi connectivity index (χ4v) is 4.09. The minimum absolute atomic E-state index is 0.127. The molecule has 0 aliphatic carbocycles. The van der Waals surface area contributed by atoms with Gasteiger partial charge >= 0.3 is 5.97 Å². The molecule has 1 aromatic carbocycles. The number of hydrogen-bond donors (Lipinski definition) is 1. The van der Waals surface area contributed by atoms with E-state index in [1.54, 1.807) is 16.0 Å². The molecular weight excluding hydrogens is 424 g/mol. The molecule has 2 aromatic heterocycles. The van der Waals surface area contributed by atoms with Crippen molar-refractivity contribution >= 4 is 40.0 Å². The van der Waals surface area contributed by atoms with Crippen molar-refractivity contribution in [3.63, 3.8) is 0 Å². The average Bonchev–Trinajstić information content (AvgIpc) is 3.33. The molecule has 0 atom stereocenters. The van der Waals surface area contributed by atoms with Crippen molar-refractivity contribution in [2.24, 2.45) is 7.05 Å². The third-order valence-corrected chi connectivity index (χ3v) is 6.13. The summed E-state index contributed by atoms with van der Waals surface area (Å²) in [5, 5.41) is 13.8. The predicted molar refractivity (Wildman–Crippen MR) is 116 cm³/mol. The Kier molecular flexibility index (Phi) is 7.11. The highest BCUT2D eigenvalue weighted by atomic mass is 32.2. The first-order valence-electron chi connectivity index (χ1n) is 9.05. The van der Waals surface area contributed by atoms with E-state index < -0.39 is 5.97 Å². The number of benzene rings is 1. The number of anilines is 1. The highest BCUT2D eigenvalue weighted by Gasteiger charge is 2.17. The summed E-state index contributed by atoms with van der Waals surface area (Å²) in [6, 6.07) is 7.65. The molecule has 0 bridgehead atoms. The fourth-order valence-electron chi connectivity index (χ4n) is 2.57. The topological polar surface area (TPSA) is 95.3 Å². The van der Waals surface area contributed by atoms with E-state index >= 15 is 0 Å². The van der Waals surface area contributed by atoms with E-state index in [2.05, 4.69) is 15.5 Å². The number of ether oxygens (including phenoxy) is 2. The molecule has 3 aromatic rings. The summed E-state index contributed by atoms with van der Waals surface area (Å²) in [6.07, 6.45) is 0. The van der Waals surface area contributed by atoms with Gasteiger partial charge in [-0.3, -0.25) is 4.79 Å². The van der Waals surface area contributed by atoms with E-state index in [-0.39, 0.29) is 18.3 Å². The van der Waals surface area contributed by atoms with Crippen molar-refractivity contribution in [1.29, 1.82) is 0 Å². The third kappa shape index (κ3) is 5.19. The maximum absolute atomic E-state index is 12.3. The first-order chi connectivity index (χ1) is 14.4. The van der Waals surface area contributed by atoms with Gasteiger partial charge in [0.15, 0.2) is 11.0 Å². The van der Waals surface area contributed by atoms with Gasteiger partial charge in [-0.1, -0.05) is 23.9 Å². The number of aromatic nitrogens is 3. The van der Waals surface area contributed by atoms with Crippen LogP contribution in [0.3, 0.4) is 0 Å². The highest BCUT2D eigenvalue weighted by Crippen LogP contribution is 2.25. The summed E-state index contributed by atoms with van der Waals surface area (Å²) < 4.78 is 12.4. The first kappa shape index (κ1) is 21.8. The SMILES string of the molecule is COC(=O)c1ccsc1NC(=O)CSc1nnc(COc2cc(C)ccc2C)n1C. The van der Waals surface area contributed by atoms with Gasteiger partial charge in [0.05, 0.1) is 18.4 Å². The van der Waals surface area contributed by atoms with Gasteiger partial charge in [-0.05, 0) is 42.5 Å². The fraction of sp³-hybridized carbons (Fsp3) is 0.300. The molecule has 0 aliphatic rings.